The highest BCUT2D eigenvalue weighted by Crippen LogP contribution is 2.28. The lowest BCUT2D eigenvalue weighted by atomic mass is 10.0. The first-order chi connectivity index (χ1) is 14.1. The summed E-state index contributed by atoms with van der Waals surface area (Å²) < 4.78 is 38.1. The Balaban J connectivity index is 2.25. The van der Waals surface area contributed by atoms with Gasteiger partial charge < -0.3 is 14.8 Å². The molecule has 2 aromatic rings. The summed E-state index contributed by atoms with van der Waals surface area (Å²) in [6.07, 6.45) is 0. The summed E-state index contributed by atoms with van der Waals surface area (Å²) in [4.78, 5) is 24.4. The molecule has 1 unspecified atom stereocenters. The minimum absolute atomic E-state index is 0.0502. The molecule has 0 bridgehead atoms. The minimum Gasteiger partial charge on any atom is -0.495 e. The zero-order valence-electron chi connectivity index (χ0n) is 17.6. The van der Waals surface area contributed by atoms with E-state index >= 15 is 0 Å². The molecule has 0 saturated carbocycles. The molecule has 162 valence electrons. The van der Waals surface area contributed by atoms with Crippen LogP contribution in [0.1, 0.15) is 42.6 Å². The normalized spacial score (nSPS) is 12.3. The highest BCUT2D eigenvalue weighted by atomic mass is 32.2. The number of ether oxygens (including phenoxy) is 2. The highest BCUT2D eigenvalue weighted by Gasteiger charge is 2.26. The first-order valence-electron chi connectivity index (χ1n) is 9.29. The fourth-order valence-electron chi connectivity index (χ4n) is 2.73. The number of carbonyl (C=O) groups is 2. The monoisotopic (exact) mass is 434 g/mol. The molecule has 0 aliphatic carbocycles. The van der Waals surface area contributed by atoms with Gasteiger partial charge in [-0.2, -0.15) is 4.72 Å². The molecule has 0 radical (unpaired) electrons. The van der Waals surface area contributed by atoms with Gasteiger partial charge in [-0.05, 0) is 42.7 Å². The first-order valence-corrected chi connectivity index (χ1v) is 10.8. The average Bonchev–Trinajstić information content (AvgIpc) is 2.72. The zero-order valence-corrected chi connectivity index (χ0v) is 18.4. The summed E-state index contributed by atoms with van der Waals surface area (Å²) >= 11 is 0. The zero-order chi connectivity index (χ0) is 22.5. The van der Waals surface area contributed by atoms with Crippen molar-refractivity contribution in [2.75, 3.05) is 19.5 Å². The summed E-state index contributed by atoms with van der Waals surface area (Å²) in [6.45, 7) is 5.30. The van der Waals surface area contributed by atoms with Crippen LogP contribution in [0.4, 0.5) is 5.69 Å². The lowest BCUT2D eigenvalue weighted by Gasteiger charge is -2.18. The average molecular weight is 435 g/mol. The molecule has 2 aromatic carbocycles. The number of amides is 1. The number of hydrogen-bond donors (Lipinski definition) is 2. The molecule has 2 rings (SSSR count). The first kappa shape index (κ1) is 23.4. The molecule has 0 aromatic heterocycles. The largest absolute Gasteiger partial charge is 0.495 e. The van der Waals surface area contributed by atoms with Gasteiger partial charge >= 0.3 is 5.97 Å². The van der Waals surface area contributed by atoms with Crippen molar-refractivity contribution in [3.05, 3.63) is 53.6 Å². The van der Waals surface area contributed by atoms with Crippen molar-refractivity contribution in [2.45, 2.75) is 37.6 Å². The molecule has 9 heteroatoms. The van der Waals surface area contributed by atoms with Gasteiger partial charge in [-0.15, -0.1) is 0 Å². The lowest BCUT2D eigenvalue weighted by molar-refractivity contribution is -0.117. The number of benzene rings is 2. The van der Waals surface area contributed by atoms with Gasteiger partial charge in [-0.1, -0.05) is 32.0 Å². The molecule has 2 N–H and O–H groups in total. The van der Waals surface area contributed by atoms with Crippen LogP contribution in [0.5, 0.6) is 5.75 Å². The Morgan fingerprint density at radius 1 is 1.00 bits per heavy atom. The van der Waals surface area contributed by atoms with Crippen molar-refractivity contribution in [2.24, 2.45) is 0 Å². The molecular formula is C21H26N2O6S. The number of methoxy groups -OCH3 is 2. The highest BCUT2D eigenvalue weighted by molar-refractivity contribution is 7.89. The minimum atomic E-state index is -4.05. The number of nitrogens with one attached hydrogen (secondary N) is 2. The number of carbonyl (C=O) groups excluding carboxylic acids is 2. The smallest absolute Gasteiger partial charge is 0.339 e. The Hall–Kier alpha value is -2.91. The third-order valence-electron chi connectivity index (χ3n) is 4.46. The Labute approximate surface area is 176 Å². The molecule has 0 saturated heterocycles. The van der Waals surface area contributed by atoms with Crippen molar-refractivity contribution in [1.82, 2.24) is 4.72 Å². The molecule has 0 spiro atoms. The Morgan fingerprint density at radius 3 is 2.27 bits per heavy atom. The van der Waals surface area contributed by atoms with Crippen LogP contribution >= 0.6 is 0 Å². The van der Waals surface area contributed by atoms with Crippen molar-refractivity contribution in [3.8, 4) is 5.75 Å². The predicted octanol–water partition coefficient (Wildman–Crippen LogP) is 2.91. The van der Waals surface area contributed by atoms with Crippen LogP contribution in [-0.2, 0) is 19.6 Å². The van der Waals surface area contributed by atoms with Gasteiger partial charge in [0, 0.05) is 0 Å². The molecule has 8 nitrogen and oxygen atoms in total. The number of anilines is 1. The summed E-state index contributed by atoms with van der Waals surface area (Å²) in [5, 5.41) is 2.56. The molecule has 0 heterocycles. The van der Waals surface area contributed by atoms with Crippen LogP contribution < -0.4 is 14.8 Å². The fourth-order valence-corrected chi connectivity index (χ4v) is 4.14. The molecule has 0 fully saturated rings. The van der Waals surface area contributed by atoms with E-state index in [4.69, 9.17) is 9.47 Å². The van der Waals surface area contributed by atoms with Crippen LogP contribution in [0.3, 0.4) is 0 Å². The van der Waals surface area contributed by atoms with Gasteiger partial charge in [-0.3, -0.25) is 4.79 Å². The van der Waals surface area contributed by atoms with E-state index in [9.17, 15) is 18.0 Å². The number of esters is 1. The van der Waals surface area contributed by atoms with E-state index in [0.29, 0.717) is 0 Å². The van der Waals surface area contributed by atoms with Crippen molar-refractivity contribution >= 4 is 27.6 Å². The maximum Gasteiger partial charge on any atom is 0.339 e. The van der Waals surface area contributed by atoms with Crippen molar-refractivity contribution < 1.29 is 27.5 Å². The standard InChI is InChI=1S/C21H26N2O6S/c1-13(2)15-10-11-18(28-4)19(12-15)30(26,27)23-14(3)20(24)22-17-9-7-6-8-16(17)21(25)29-5/h6-14,23H,1-5H3,(H,22,24). The van der Waals surface area contributed by atoms with Crippen LogP contribution in [0, 0.1) is 0 Å². The Bertz CT molecular complexity index is 1030. The molecule has 30 heavy (non-hydrogen) atoms. The quantitative estimate of drug-likeness (QED) is 0.618. The second kappa shape index (κ2) is 9.73. The Morgan fingerprint density at radius 2 is 1.67 bits per heavy atom. The molecule has 0 aliphatic heterocycles. The van der Waals surface area contributed by atoms with Crippen LogP contribution in [-0.4, -0.2) is 40.6 Å². The van der Waals surface area contributed by atoms with Crippen LogP contribution in [0.2, 0.25) is 0 Å². The van der Waals surface area contributed by atoms with E-state index in [1.807, 2.05) is 13.8 Å². The third-order valence-corrected chi connectivity index (χ3v) is 6.02. The van der Waals surface area contributed by atoms with Gasteiger partial charge in [0.2, 0.25) is 15.9 Å². The second-order valence-corrected chi connectivity index (χ2v) is 8.62. The molecule has 1 amide bonds. The Kier molecular flexibility index (Phi) is 7.58. The molecule has 1 atom stereocenters. The number of hydrogen-bond acceptors (Lipinski definition) is 6. The predicted molar refractivity (Wildman–Crippen MR) is 113 cm³/mol. The lowest BCUT2D eigenvalue weighted by Crippen LogP contribution is -2.41. The maximum atomic E-state index is 12.9. The van der Waals surface area contributed by atoms with Crippen molar-refractivity contribution in [1.29, 1.82) is 0 Å². The van der Waals surface area contributed by atoms with Gasteiger partial charge in [-0.25, -0.2) is 13.2 Å². The van der Waals surface area contributed by atoms with E-state index in [2.05, 4.69) is 10.0 Å². The van der Waals surface area contributed by atoms with E-state index in [1.165, 1.54) is 39.3 Å². The maximum absolute atomic E-state index is 12.9. The van der Waals surface area contributed by atoms with E-state index in [-0.39, 0.29) is 27.8 Å². The third kappa shape index (κ3) is 5.37. The fraction of sp³-hybridized carbons (Fsp3) is 0.333. The number of sulfonamides is 1. The van der Waals surface area contributed by atoms with E-state index < -0.39 is 27.9 Å². The number of para-hydroxylation sites is 1. The van der Waals surface area contributed by atoms with E-state index in [0.717, 1.165) is 5.56 Å². The summed E-state index contributed by atoms with van der Waals surface area (Å²) in [7, 11) is -1.44. The van der Waals surface area contributed by atoms with Crippen LogP contribution in [0.25, 0.3) is 0 Å². The van der Waals surface area contributed by atoms with Crippen molar-refractivity contribution in [3.63, 3.8) is 0 Å². The summed E-state index contributed by atoms with van der Waals surface area (Å²) in [6, 6.07) is 10.1. The summed E-state index contributed by atoms with van der Waals surface area (Å²) in [5.41, 5.74) is 1.20. The van der Waals surface area contributed by atoms with Gasteiger partial charge in [0.05, 0.1) is 31.5 Å². The topological polar surface area (TPSA) is 111 Å². The summed E-state index contributed by atoms with van der Waals surface area (Å²) in [5.74, 6) is -0.959. The van der Waals surface area contributed by atoms with Gasteiger partial charge in [0.25, 0.3) is 0 Å². The molecule has 0 aliphatic rings. The van der Waals surface area contributed by atoms with Gasteiger partial charge in [0.1, 0.15) is 10.6 Å². The number of rotatable bonds is 8. The van der Waals surface area contributed by atoms with Crippen LogP contribution in [0.15, 0.2) is 47.4 Å². The second-order valence-electron chi connectivity index (χ2n) is 6.93. The van der Waals surface area contributed by atoms with Gasteiger partial charge in [0.15, 0.2) is 0 Å². The van der Waals surface area contributed by atoms with E-state index in [1.54, 1.807) is 24.3 Å². The SMILES string of the molecule is COC(=O)c1ccccc1NC(=O)C(C)NS(=O)(=O)c1cc(C(C)C)ccc1OC. The molecular weight excluding hydrogens is 408 g/mol.